The monoisotopic (exact) mass is 304 g/mol. The van der Waals surface area contributed by atoms with Crippen LogP contribution < -0.4 is 0 Å². The molecule has 0 saturated carbocycles. The molecule has 0 amide bonds. The Kier molecular flexibility index (Phi) is 5.71. The van der Waals surface area contributed by atoms with Gasteiger partial charge in [-0.3, -0.25) is 4.99 Å². The fourth-order valence-corrected chi connectivity index (χ4v) is 2.80. The Morgan fingerprint density at radius 1 is 1.22 bits per heavy atom. The quantitative estimate of drug-likeness (QED) is 0.442. The first-order chi connectivity index (χ1) is 11.1. The third kappa shape index (κ3) is 4.29. The van der Waals surface area contributed by atoms with Crippen molar-refractivity contribution in [3.8, 4) is 0 Å². The third-order valence-electron chi connectivity index (χ3n) is 4.17. The SMILES string of the molecule is [C-]#[N+]/C=C/[C@@]1(C/C=C(\C)CCC=C(C)C)C=Nc2ccccc21. The van der Waals surface area contributed by atoms with E-state index in [0.717, 1.165) is 24.9 Å². The minimum Gasteiger partial charge on any atom is -0.260 e. The molecule has 118 valence electrons. The molecule has 0 saturated heterocycles. The van der Waals surface area contributed by atoms with Crippen LogP contribution in [0.2, 0.25) is 0 Å². The van der Waals surface area contributed by atoms with Crippen LogP contribution in [0.1, 0.15) is 45.6 Å². The number of rotatable bonds is 6. The van der Waals surface area contributed by atoms with Gasteiger partial charge in [0.25, 0.3) is 0 Å². The van der Waals surface area contributed by atoms with E-state index in [1.807, 2.05) is 30.5 Å². The highest BCUT2D eigenvalue weighted by Crippen LogP contribution is 2.40. The molecule has 0 aromatic heterocycles. The Balaban J connectivity index is 2.19. The van der Waals surface area contributed by atoms with E-state index in [-0.39, 0.29) is 5.41 Å². The number of hydrogen-bond donors (Lipinski definition) is 0. The number of para-hydroxylation sites is 1. The molecule has 1 aromatic rings. The highest BCUT2D eigenvalue weighted by atomic mass is 14.8. The lowest BCUT2D eigenvalue weighted by atomic mass is 9.79. The predicted molar refractivity (Wildman–Crippen MR) is 99.1 cm³/mol. The number of aliphatic imine (C=N–C) groups is 1. The molecule has 1 aliphatic heterocycles. The van der Waals surface area contributed by atoms with Crippen molar-refractivity contribution >= 4 is 11.9 Å². The zero-order valence-electron chi connectivity index (χ0n) is 14.2. The van der Waals surface area contributed by atoms with Crippen LogP contribution in [-0.2, 0) is 5.41 Å². The van der Waals surface area contributed by atoms with Gasteiger partial charge < -0.3 is 0 Å². The second kappa shape index (κ2) is 7.74. The summed E-state index contributed by atoms with van der Waals surface area (Å²) in [6, 6.07) is 8.19. The molecule has 1 aliphatic rings. The lowest BCUT2D eigenvalue weighted by Gasteiger charge is -2.23. The molecule has 1 heterocycles. The maximum absolute atomic E-state index is 7.06. The van der Waals surface area contributed by atoms with Gasteiger partial charge in [-0.2, -0.15) is 0 Å². The highest BCUT2D eigenvalue weighted by molar-refractivity contribution is 5.87. The van der Waals surface area contributed by atoms with Crippen LogP contribution in [0.3, 0.4) is 0 Å². The zero-order chi connectivity index (χ0) is 16.7. The van der Waals surface area contributed by atoms with Crippen LogP contribution in [0.4, 0.5) is 5.69 Å². The van der Waals surface area contributed by atoms with Gasteiger partial charge in [0.05, 0.1) is 12.3 Å². The summed E-state index contributed by atoms with van der Waals surface area (Å²) in [4.78, 5) is 7.94. The normalized spacial score (nSPS) is 19.7. The molecule has 0 radical (unpaired) electrons. The van der Waals surface area contributed by atoms with Gasteiger partial charge in [-0.1, -0.05) is 47.6 Å². The standard InChI is InChI=1S/C21H24N2/c1-17(2)8-7-9-18(3)12-13-21(14-15-22-4)16-23-20-11-6-5-10-19(20)21/h5-6,8,10-12,14-16H,7,9,13H2,1-3H3/b15-14+,18-12+/t21-/m0/s1. The highest BCUT2D eigenvalue weighted by Gasteiger charge is 2.32. The van der Waals surface area contributed by atoms with E-state index < -0.39 is 0 Å². The smallest absolute Gasteiger partial charge is 0.151 e. The van der Waals surface area contributed by atoms with Gasteiger partial charge in [0.1, 0.15) is 0 Å². The number of fused-ring (bicyclic) bond motifs is 1. The first-order valence-electron chi connectivity index (χ1n) is 8.05. The number of nitrogens with zero attached hydrogens (tertiary/aromatic N) is 2. The van der Waals surface area contributed by atoms with Gasteiger partial charge in [0.2, 0.25) is 0 Å². The Bertz CT molecular complexity index is 710. The van der Waals surface area contributed by atoms with E-state index in [9.17, 15) is 0 Å². The minimum atomic E-state index is -0.279. The summed E-state index contributed by atoms with van der Waals surface area (Å²) in [6.45, 7) is 13.5. The Labute approximate surface area is 139 Å². The van der Waals surface area contributed by atoms with Gasteiger partial charge in [-0.25, -0.2) is 4.85 Å². The first kappa shape index (κ1) is 17.0. The summed E-state index contributed by atoms with van der Waals surface area (Å²) in [6.07, 6.45) is 13.1. The fraction of sp³-hybridized carbons (Fsp3) is 0.333. The molecular weight excluding hydrogens is 280 g/mol. The van der Waals surface area contributed by atoms with Crippen molar-refractivity contribution in [3.63, 3.8) is 0 Å². The summed E-state index contributed by atoms with van der Waals surface area (Å²) in [5, 5.41) is 0. The van der Waals surface area contributed by atoms with Crippen molar-refractivity contribution in [2.24, 2.45) is 4.99 Å². The van der Waals surface area contributed by atoms with Crippen LogP contribution in [0.5, 0.6) is 0 Å². The van der Waals surface area contributed by atoms with Crippen molar-refractivity contribution in [2.75, 3.05) is 0 Å². The fourth-order valence-electron chi connectivity index (χ4n) is 2.80. The van der Waals surface area contributed by atoms with E-state index in [4.69, 9.17) is 6.57 Å². The Morgan fingerprint density at radius 2 is 2.00 bits per heavy atom. The van der Waals surface area contributed by atoms with Gasteiger partial charge in [-0.05, 0) is 51.7 Å². The topological polar surface area (TPSA) is 16.7 Å². The molecule has 2 heteroatoms. The summed E-state index contributed by atoms with van der Waals surface area (Å²) >= 11 is 0. The van der Waals surface area contributed by atoms with Gasteiger partial charge in [0, 0.05) is 11.6 Å². The first-order valence-corrected chi connectivity index (χ1v) is 8.05. The molecule has 2 nitrogen and oxygen atoms in total. The Hall–Kier alpha value is -2.40. The van der Waals surface area contributed by atoms with Crippen molar-refractivity contribution in [3.05, 3.63) is 76.8 Å². The van der Waals surface area contributed by atoms with E-state index in [0.29, 0.717) is 0 Å². The lowest BCUT2D eigenvalue weighted by Crippen LogP contribution is -2.21. The predicted octanol–water partition coefficient (Wildman–Crippen LogP) is 6.16. The molecule has 1 atom stereocenters. The molecule has 1 aromatic carbocycles. The molecular formula is C21H24N2. The van der Waals surface area contributed by atoms with Gasteiger partial charge >= 0.3 is 0 Å². The van der Waals surface area contributed by atoms with Crippen molar-refractivity contribution in [1.82, 2.24) is 0 Å². The van der Waals surface area contributed by atoms with Crippen LogP contribution in [0.15, 0.2) is 64.8 Å². The molecule has 0 bridgehead atoms. The third-order valence-corrected chi connectivity index (χ3v) is 4.17. The second-order valence-electron chi connectivity index (χ2n) is 6.34. The van der Waals surface area contributed by atoms with Crippen molar-refractivity contribution < 1.29 is 0 Å². The van der Waals surface area contributed by atoms with E-state index in [1.54, 1.807) is 6.20 Å². The average molecular weight is 304 g/mol. The lowest BCUT2D eigenvalue weighted by molar-refractivity contribution is 0.750. The number of hydrogen-bond acceptors (Lipinski definition) is 1. The summed E-state index contributed by atoms with van der Waals surface area (Å²) in [7, 11) is 0. The molecule has 2 rings (SSSR count). The summed E-state index contributed by atoms with van der Waals surface area (Å²) in [5.41, 5.74) is 4.67. The number of benzene rings is 1. The van der Waals surface area contributed by atoms with E-state index >= 15 is 0 Å². The van der Waals surface area contributed by atoms with Crippen molar-refractivity contribution in [1.29, 1.82) is 0 Å². The molecule has 0 unspecified atom stereocenters. The molecule has 0 aliphatic carbocycles. The average Bonchev–Trinajstić information content (AvgIpc) is 2.90. The molecule has 0 N–H and O–H groups in total. The maximum Gasteiger partial charge on any atom is 0.151 e. The van der Waals surface area contributed by atoms with Gasteiger partial charge in [-0.15, -0.1) is 0 Å². The summed E-state index contributed by atoms with van der Waals surface area (Å²) < 4.78 is 0. The van der Waals surface area contributed by atoms with Crippen molar-refractivity contribution in [2.45, 2.75) is 45.4 Å². The Morgan fingerprint density at radius 3 is 2.74 bits per heavy atom. The zero-order valence-corrected chi connectivity index (χ0v) is 14.2. The largest absolute Gasteiger partial charge is 0.260 e. The van der Waals surface area contributed by atoms with Crippen LogP contribution >= 0.6 is 0 Å². The van der Waals surface area contributed by atoms with E-state index in [1.165, 1.54) is 16.7 Å². The van der Waals surface area contributed by atoms with E-state index in [2.05, 4.69) is 48.8 Å². The van der Waals surface area contributed by atoms with Crippen LogP contribution in [0.25, 0.3) is 4.85 Å². The molecule has 23 heavy (non-hydrogen) atoms. The maximum atomic E-state index is 7.06. The van der Waals surface area contributed by atoms with Crippen LogP contribution in [0, 0.1) is 6.57 Å². The minimum absolute atomic E-state index is 0.279. The van der Waals surface area contributed by atoms with Gasteiger partial charge in [0.15, 0.2) is 6.20 Å². The van der Waals surface area contributed by atoms with Crippen LogP contribution in [-0.4, -0.2) is 6.21 Å². The summed E-state index contributed by atoms with van der Waals surface area (Å²) in [5.74, 6) is 0. The second-order valence-corrected chi connectivity index (χ2v) is 6.34. The molecule has 0 fully saturated rings. The number of allylic oxidation sites excluding steroid dienone is 5. The molecule has 0 spiro atoms.